The molecular formula is C20H22ClNO4. The number of nitrogens with one attached hydrogen (secondary N) is 1. The fourth-order valence-corrected chi connectivity index (χ4v) is 2.29. The molecule has 0 unspecified atom stereocenters. The van der Waals surface area contributed by atoms with Crippen molar-refractivity contribution in [3.05, 3.63) is 64.7 Å². The van der Waals surface area contributed by atoms with E-state index in [1.807, 2.05) is 19.1 Å². The standard InChI is InChI=1S/C20H22ClNO4/c1-2-3-12-22-19(23)14-26-20(24)17-6-4-5-7-18(17)25-13-15-8-10-16(21)11-9-15/h4-11H,2-3,12-14H2,1H3,(H,22,23). The van der Waals surface area contributed by atoms with Gasteiger partial charge in [0, 0.05) is 11.6 Å². The number of benzene rings is 2. The van der Waals surface area contributed by atoms with E-state index in [1.54, 1.807) is 36.4 Å². The average molecular weight is 376 g/mol. The molecule has 0 radical (unpaired) electrons. The van der Waals surface area contributed by atoms with Crippen molar-refractivity contribution in [2.45, 2.75) is 26.4 Å². The first-order valence-electron chi connectivity index (χ1n) is 8.50. The summed E-state index contributed by atoms with van der Waals surface area (Å²) in [5.74, 6) is -0.507. The third kappa shape index (κ3) is 6.41. The number of para-hydroxylation sites is 1. The van der Waals surface area contributed by atoms with Gasteiger partial charge < -0.3 is 14.8 Å². The summed E-state index contributed by atoms with van der Waals surface area (Å²) < 4.78 is 10.8. The number of hydrogen-bond donors (Lipinski definition) is 1. The van der Waals surface area contributed by atoms with Crippen LogP contribution in [0.5, 0.6) is 5.75 Å². The van der Waals surface area contributed by atoms with Gasteiger partial charge in [-0.1, -0.05) is 49.2 Å². The van der Waals surface area contributed by atoms with Gasteiger partial charge in [-0.25, -0.2) is 4.79 Å². The lowest BCUT2D eigenvalue weighted by molar-refractivity contribution is -0.124. The highest BCUT2D eigenvalue weighted by molar-refractivity contribution is 6.30. The van der Waals surface area contributed by atoms with E-state index in [2.05, 4.69) is 5.32 Å². The normalized spacial score (nSPS) is 10.2. The van der Waals surface area contributed by atoms with Crippen LogP contribution in [0.15, 0.2) is 48.5 Å². The Balaban J connectivity index is 1.91. The average Bonchev–Trinajstić information content (AvgIpc) is 2.66. The van der Waals surface area contributed by atoms with E-state index in [0.717, 1.165) is 18.4 Å². The van der Waals surface area contributed by atoms with Gasteiger partial charge in [0.25, 0.3) is 5.91 Å². The topological polar surface area (TPSA) is 64.6 Å². The van der Waals surface area contributed by atoms with Gasteiger partial charge in [0.2, 0.25) is 0 Å². The Morgan fingerprint density at radius 2 is 1.81 bits per heavy atom. The molecule has 2 aromatic carbocycles. The second-order valence-electron chi connectivity index (χ2n) is 5.69. The molecule has 26 heavy (non-hydrogen) atoms. The van der Waals surface area contributed by atoms with Crippen LogP contribution in [0.2, 0.25) is 5.02 Å². The summed E-state index contributed by atoms with van der Waals surface area (Å²) in [5, 5.41) is 3.35. The fraction of sp³-hybridized carbons (Fsp3) is 0.300. The van der Waals surface area contributed by atoms with E-state index in [1.165, 1.54) is 0 Å². The van der Waals surface area contributed by atoms with Gasteiger partial charge in [0.1, 0.15) is 17.9 Å². The molecule has 5 nitrogen and oxygen atoms in total. The molecule has 2 aromatic rings. The fourth-order valence-electron chi connectivity index (χ4n) is 2.17. The van der Waals surface area contributed by atoms with Gasteiger partial charge >= 0.3 is 5.97 Å². The van der Waals surface area contributed by atoms with Gasteiger partial charge in [0.05, 0.1) is 0 Å². The number of unbranched alkanes of at least 4 members (excludes halogenated alkanes) is 1. The summed E-state index contributed by atoms with van der Waals surface area (Å²) >= 11 is 5.86. The Kier molecular flexibility index (Phi) is 7.96. The lowest BCUT2D eigenvalue weighted by atomic mass is 10.2. The Bertz CT molecular complexity index is 731. The molecule has 0 aliphatic carbocycles. The van der Waals surface area contributed by atoms with Crippen molar-refractivity contribution >= 4 is 23.5 Å². The highest BCUT2D eigenvalue weighted by Crippen LogP contribution is 2.21. The van der Waals surface area contributed by atoms with Crippen LogP contribution in [-0.4, -0.2) is 25.0 Å². The van der Waals surface area contributed by atoms with Crippen molar-refractivity contribution in [3.8, 4) is 5.75 Å². The van der Waals surface area contributed by atoms with Gasteiger partial charge in [0.15, 0.2) is 6.61 Å². The first-order valence-corrected chi connectivity index (χ1v) is 8.88. The molecule has 1 N–H and O–H groups in total. The Labute approximate surface area is 158 Å². The molecule has 2 rings (SSSR count). The quantitative estimate of drug-likeness (QED) is 0.531. The number of halogens is 1. The zero-order chi connectivity index (χ0) is 18.8. The summed E-state index contributed by atoms with van der Waals surface area (Å²) in [4.78, 5) is 23.9. The van der Waals surface area contributed by atoms with Crippen molar-refractivity contribution in [2.75, 3.05) is 13.2 Å². The SMILES string of the molecule is CCCCNC(=O)COC(=O)c1ccccc1OCc1ccc(Cl)cc1. The maximum absolute atomic E-state index is 12.3. The minimum Gasteiger partial charge on any atom is -0.488 e. The van der Waals surface area contributed by atoms with Crippen LogP contribution in [0.25, 0.3) is 0 Å². The number of amides is 1. The lowest BCUT2D eigenvalue weighted by Crippen LogP contribution is -2.29. The van der Waals surface area contributed by atoms with Crippen LogP contribution >= 0.6 is 11.6 Å². The van der Waals surface area contributed by atoms with E-state index in [0.29, 0.717) is 23.9 Å². The number of rotatable bonds is 9. The molecular weight excluding hydrogens is 354 g/mol. The zero-order valence-corrected chi connectivity index (χ0v) is 15.4. The minimum atomic E-state index is -0.595. The summed E-state index contributed by atoms with van der Waals surface area (Å²) in [6, 6.07) is 14.0. The van der Waals surface area contributed by atoms with Crippen molar-refractivity contribution < 1.29 is 19.1 Å². The van der Waals surface area contributed by atoms with Crippen molar-refractivity contribution in [3.63, 3.8) is 0 Å². The molecule has 6 heteroatoms. The van der Waals surface area contributed by atoms with E-state index >= 15 is 0 Å². The summed E-state index contributed by atoms with van der Waals surface area (Å²) in [6.07, 6.45) is 1.87. The lowest BCUT2D eigenvalue weighted by Gasteiger charge is -2.11. The first kappa shape index (κ1) is 19.8. The molecule has 0 saturated carbocycles. The number of ether oxygens (including phenoxy) is 2. The second kappa shape index (κ2) is 10.5. The Hall–Kier alpha value is -2.53. The predicted molar refractivity (Wildman–Crippen MR) is 100 cm³/mol. The molecule has 0 atom stereocenters. The summed E-state index contributed by atoms with van der Waals surface area (Å²) in [7, 11) is 0. The number of carbonyl (C=O) groups is 2. The molecule has 0 heterocycles. The molecule has 0 aromatic heterocycles. The number of hydrogen-bond acceptors (Lipinski definition) is 4. The third-order valence-corrected chi connectivity index (χ3v) is 3.85. The maximum Gasteiger partial charge on any atom is 0.342 e. The van der Waals surface area contributed by atoms with E-state index in [9.17, 15) is 9.59 Å². The van der Waals surface area contributed by atoms with Crippen LogP contribution in [0, 0.1) is 0 Å². The molecule has 0 aliphatic heterocycles. The van der Waals surface area contributed by atoms with Crippen LogP contribution < -0.4 is 10.1 Å². The van der Waals surface area contributed by atoms with Crippen LogP contribution in [-0.2, 0) is 16.1 Å². The van der Waals surface area contributed by atoms with Crippen LogP contribution in [0.3, 0.4) is 0 Å². The monoisotopic (exact) mass is 375 g/mol. The molecule has 0 aliphatic rings. The number of esters is 1. The van der Waals surface area contributed by atoms with Gasteiger partial charge in [-0.05, 0) is 36.2 Å². The van der Waals surface area contributed by atoms with Gasteiger partial charge in [-0.15, -0.1) is 0 Å². The Morgan fingerprint density at radius 1 is 1.08 bits per heavy atom. The third-order valence-electron chi connectivity index (χ3n) is 3.60. The van der Waals surface area contributed by atoms with E-state index in [-0.39, 0.29) is 18.1 Å². The largest absolute Gasteiger partial charge is 0.488 e. The van der Waals surface area contributed by atoms with Crippen LogP contribution in [0.4, 0.5) is 0 Å². The molecule has 0 fully saturated rings. The van der Waals surface area contributed by atoms with E-state index < -0.39 is 5.97 Å². The molecule has 1 amide bonds. The minimum absolute atomic E-state index is 0.280. The maximum atomic E-state index is 12.3. The van der Waals surface area contributed by atoms with E-state index in [4.69, 9.17) is 21.1 Å². The smallest absolute Gasteiger partial charge is 0.342 e. The molecule has 138 valence electrons. The predicted octanol–water partition coefficient (Wildman–Crippen LogP) is 3.99. The van der Waals surface area contributed by atoms with Gasteiger partial charge in [-0.2, -0.15) is 0 Å². The molecule has 0 spiro atoms. The second-order valence-corrected chi connectivity index (χ2v) is 6.13. The van der Waals surface area contributed by atoms with Gasteiger partial charge in [-0.3, -0.25) is 4.79 Å². The van der Waals surface area contributed by atoms with Crippen molar-refractivity contribution in [1.82, 2.24) is 5.32 Å². The summed E-state index contributed by atoms with van der Waals surface area (Å²) in [6.45, 7) is 2.59. The molecule has 0 saturated heterocycles. The highest BCUT2D eigenvalue weighted by atomic mass is 35.5. The highest BCUT2D eigenvalue weighted by Gasteiger charge is 2.15. The Morgan fingerprint density at radius 3 is 2.54 bits per heavy atom. The number of carbonyl (C=O) groups excluding carboxylic acids is 2. The zero-order valence-electron chi connectivity index (χ0n) is 14.7. The van der Waals surface area contributed by atoms with Crippen molar-refractivity contribution in [2.24, 2.45) is 0 Å². The first-order chi connectivity index (χ1) is 12.6. The van der Waals surface area contributed by atoms with Crippen LogP contribution in [0.1, 0.15) is 35.7 Å². The molecule has 0 bridgehead atoms. The van der Waals surface area contributed by atoms with Crippen molar-refractivity contribution in [1.29, 1.82) is 0 Å². The summed E-state index contributed by atoms with van der Waals surface area (Å²) in [5.41, 5.74) is 1.20.